The molecule has 3 rings (SSSR count). The van der Waals surface area contributed by atoms with Gasteiger partial charge in [-0.2, -0.15) is 0 Å². The van der Waals surface area contributed by atoms with Crippen molar-refractivity contribution in [2.24, 2.45) is 0 Å². The molecule has 0 radical (unpaired) electrons. The number of aryl methyl sites for hydroxylation is 1. The van der Waals surface area contributed by atoms with Crippen molar-refractivity contribution < 1.29 is 9.53 Å². The van der Waals surface area contributed by atoms with E-state index in [2.05, 4.69) is 24.0 Å². The number of benzene rings is 1. The maximum Gasteiger partial charge on any atom is 0.254 e. The zero-order valence-electron chi connectivity index (χ0n) is 12.0. The van der Waals surface area contributed by atoms with Gasteiger partial charge in [-0.25, -0.2) is 0 Å². The van der Waals surface area contributed by atoms with Gasteiger partial charge in [0.05, 0.1) is 13.2 Å². The Labute approximate surface area is 124 Å². The van der Waals surface area contributed by atoms with Crippen LogP contribution in [0.2, 0.25) is 0 Å². The van der Waals surface area contributed by atoms with Crippen molar-refractivity contribution in [3.05, 3.63) is 65.5 Å². The van der Waals surface area contributed by atoms with Gasteiger partial charge in [-0.15, -0.1) is 0 Å². The number of hydrogen-bond donors (Lipinski definition) is 0. The topological polar surface area (TPSA) is 42.4 Å². The normalized spacial score (nSPS) is 18.5. The second-order valence-electron chi connectivity index (χ2n) is 5.20. The molecule has 1 fully saturated rings. The lowest BCUT2D eigenvalue weighted by Crippen LogP contribution is -2.42. The van der Waals surface area contributed by atoms with Crippen LogP contribution in [0.1, 0.15) is 27.6 Å². The van der Waals surface area contributed by atoms with Crippen LogP contribution in [0.5, 0.6) is 0 Å². The van der Waals surface area contributed by atoms with Gasteiger partial charge in [0.2, 0.25) is 0 Å². The highest BCUT2D eigenvalue weighted by molar-refractivity contribution is 5.94. The van der Waals surface area contributed by atoms with Crippen LogP contribution in [0, 0.1) is 6.92 Å². The minimum Gasteiger partial charge on any atom is -0.370 e. The Hall–Kier alpha value is -2.20. The van der Waals surface area contributed by atoms with Crippen LogP contribution in [0.4, 0.5) is 0 Å². The summed E-state index contributed by atoms with van der Waals surface area (Å²) in [7, 11) is 0. The zero-order chi connectivity index (χ0) is 14.7. The van der Waals surface area contributed by atoms with E-state index in [4.69, 9.17) is 4.74 Å². The third kappa shape index (κ3) is 2.95. The van der Waals surface area contributed by atoms with E-state index in [1.165, 1.54) is 5.56 Å². The largest absolute Gasteiger partial charge is 0.370 e. The fourth-order valence-electron chi connectivity index (χ4n) is 2.65. The molecule has 0 saturated carbocycles. The van der Waals surface area contributed by atoms with Crippen molar-refractivity contribution in [1.29, 1.82) is 0 Å². The summed E-state index contributed by atoms with van der Waals surface area (Å²) in [6, 6.07) is 11.7. The second kappa shape index (κ2) is 6.06. The summed E-state index contributed by atoms with van der Waals surface area (Å²) < 4.78 is 5.85. The number of morpholine rings is 1. The van der Waals surface area contributed by atoms with Gasteiger partial charge in [-0.1, -0.05) is 24.3 Å². The Bertz CT molecular complexity index is 628. The SMILES string of the molecule is Cc1ccccc1C1CN(C(=O)c2ccncc2)CCO1. The number of carbonyl (C=O) groups is 1. The Kier molecular flexibility index (Phi) is 3.97. The predicted molar refractivity (Wildman–Crippen MR) is 80.0 cm³/mol. The van der Waals surface area contributed by atoms with E-state index in [0.717, 1.165) is 5.56 Å². The van der Waals surface area contributed by atoms with E-state index in [-0.39, 0.29) is 12.0 Å². The fraction of sp³-hybridized carbons (Fsp3) is 0.294. The summed E-state index contributed by atoms with van der Waals surface area (Å²) >= 11 is 0. The summed E-state index contributed by atoms with van der Waals surface area (Å²) in [6.07, 6.45) is 3.24. The molecular formula is C17H18N2O2. The van der Waals surface area contributed by atoms with Crippen LogP contribution in [-0.4, -0.2) is 35.5 Å². The monoisotopic (exact) mass is 282 g/mol. The first-order chi connectivity index (χ1) is 10.3. The molecule has 1 amide bonds. The third-order valence-corrected chi connectivity index (χ3v) is 3.82. The minimum absolute atomic E-state index is 0.0410. The fourth-order valence-corrected chi connectivity index (χ4v) is 2.65. The highest BCUT2D eigenvalue weighted by Crippen LogP contribution is 2.25. The average Bonchev–Trinajstić information content (AvgIpc) is 2.55. The number of amides is 1. The summed E-state index contributed by atoms with van der Waals surface area (Å²) in [5.41, 5.74) is 3.03. The van der Waals surface area contributed by atoms with Crippen molar-refractivity contribution >= 4 is 5.91 Å². The lowest BCUT2D eigenvalue weighted by Gasteiger charge is -2.33. The minimum atomic E-state index is -0.0502. The quantitative estimate of drug-likeness (QED) is 0.850. The smallest absolute Gasteiger partial charge is 0.254 e. The van der Waals surface area contributed by atoms with Gasteiger partial charge < -0.3 is 9.64 Å². The second-order valence-corrected chi connectivity index (χ2v) is 5.20. The highest BCUT2D eigenvalue weighted by Gasteiger charge is 2.26. The van der Waals surface area contributed by atoms with Gasteiger partial charge in [0, 0.05) is 24.5 Å². The van der Waals surface area contributed by atoms with E-state index >= 15 is 0 Å². The van der Waals surface area contributed by atoms with E-state index < -0.39 is 0 Å². The highest BCUT2D eigenvalue weighted by atomic mass is 16.5. The first-order valence-electron chi connectivity index (χ1n) is 7.12. The van der Waals surface area contributed by atoms with Gasteiger partial charge >= 0.3 is 0 Å². The molecule has 108 valence electrons. The number of carbonyl (C=O) groups excluding carboxylic acids is 1. The molecule has 4 heteroatoms. The summed E-state index contributed by atoms with van der Waals surface area (Å²) in [4.78, 5) is 18.3. The van der Waals surface area contributed by atoms with Crippen LogP contribution >= 0.6 is 0 Å². The number of pyridine rings is 1. The van der Waals surface area contributed by atoms with Crippen LogP contribution in [0.25, 0.3) is 0 Å². The van der Waals surface area contributed by atoms with Gasteiger partial charge in [0.15, 0.2) is 0 Å². The molecule has 2 aromatic rings. The third-order valence-electron chi connectivity index (χ3n) is 3.82. The van der Waals surface area contributed by atoms with Crippen molar-refractivity contribution in [1.82, 2.24) is 9.88 Å². The first kappa shape index (κ1) is 13.8. The number of aromatic nitrogens is 1. The van der Waals surface area contributed by atoms with Gasteiger partial charge in [0.1, 0.15) is 6.10 Å². The molecule has 4 nitrogen and oxygen atoms in total. The van der Waals surface area contributed by atoms with E-state index in [9.17, 15) is 4.79 Å². The molecular weight excluding hydrogens is 264 g/mol. The summed E-state index contributed by atoms with van der Waals surface area (Å²) in [5.74, 6) is 0.0410. The summed E-state index contributed by atoms with van der Waals surface area (Å²) in [5, 5.41) is 0. The van der Waals surface area contributed by atoms with Crippen LogP contribution < -0.4 is 0 Å². The number of nitrogens with zero attached hydrogens (tertiary/aromatic N) is 2. The van der Waals surface area contributed by atoms with Crippen molar-refractivity contribution in [3.8, 4) is 0 Å². The molecule has 21 heavy (non-hydrogen) atoms. The molecule has 1 atom stereocenters. The summed E-state index contributed by atoms with van der Waals surface area (Å²) in [6.45, 7) is 3.85. The molecule has 0 aliphatic carbocycles. The lowest BCUT2D eigenvalue weighted by molar-refractivity contribution is -0.0230. The molecule has 0 bridgehead atoms. The average molecular weight is 282 g/mol. The number of rotatable bonds is 2. The standard InChI is InChI=1S/C17H18N2O2/c1-13-4-2-3-5-15(13)16-12-19(10-11-21-16)17(20)14-6-8-18-9-7-14/h2-9,16H,10-12H2,1H3. The zero-order valence-corrected chi connectivity index (χ0v) is 12.0. The van der Waals surface area contributed by atoms with Crippen molar-refractivity contribution in [2.45, 2.75) is 13.0 Å². The first-order valence-corrected chi connectivity index (χ1v) is 7.12. The molecule has 0 spiro atoms. The van der Waals surface area contributed by atoms with Gasteiger partial charge in [0.25, 0.3) is 5.91 Å². The Morgan fingerprint density at radius 2 is 2.00 bits per heavy atom. The predicted octanol–water partition coefficient (Wildman–Crippen LogP) is 2.60. The molecule has 1 aliphatic heterocycles. The van der Waals surface area contributed by atoms with Crippen molar-refractivity contribution in [2.75, 3.05) is 19.7 Å². The van der Waals surface area contributed by atoms with E-state index in [0.29, 0.717) is 25.3 Å². The molecule has 1 aromatic heterocycles. The molecule has 0 N–H and O–H groups in total. The molecule has 2 heterocycles. The lowest BCUT2D eigenvalue weighted by atomic mass is 10.0. The Morgan fingerprint density at radius 3 is 2.76 bits per heavy atom. The van der Waals surface area contributed by atoms with Crippen LogP contribution in [0.3, 0.4) is 0 Å². The van der Waals surface area contributed by atoms with Gasteiger partial charge in [-0.05, 0) is 30.2 Å². The molecule has 1 unspecified atom stereocenters. The van der Waals surface area contributed by atoms with Crippen LogP contribution in [-0.2, 0) is 4.74 Å². The Balaban J connectivity index is 1.77. The van der Waals surface area contributed by atoms with Crippen molar-refractivity contribution in [3.63, 3.8) is 0 Å². The maximum atomic E-state index is 12.5. The van der Waals surface area contributed by atoms with Crippen LogP contribution in [0.15, 0.2) is 48.8 Å². The number of hydrogen-bond acceptors (Lipinski definition) is 3. The molecule has 1 aromatic carbocycles. The van der Waals surface area contributed by atoms with Gasteiger partial charge in [-0.3, -0.25) is 9.78 Å². The van der Waals surface area contributed by atoms with E-state index in [1.54, 1.807) is 24.5 Å². The number of ether oxygens (including phenoxy) is 1. The maximum absolute atomic E-state index is 12.5. The molecule has 1 aliphatic rings. The Morgan fingerprint density at radius 1 is 1.24 bits per heavy atom. The van der Waals surface area contributed by atoms with E-state index in [1.807, 2.05) is 17.0 Å². The molecule has 1 saturated heterocycles.